The van der Waals surface area contributed by atoms with Crippen LogP contribution in [-0.2, 0) is 4.74 Å². The molecular formula is C21H17BrN4O2S. The predicted octanol–water partition coefficient (Wildman–Crippen LogP) is 5.42. The first-order chi connectivity index (χ1) is 14.0. The number of nitrogens with one attached hydrogen (secondary N) is 1. The molecule has 2 aromatic carbocycles. The Morgan fingerprint density at radius 1 is 1.10 bits per heavy atom. The van der Waals surface area contributed by atoms with Gasteiger partial charge in [-0.05, 0) is 49.9 Å². The van der Waals surface area contributed by atoms with E-state index in [0.29, 0.717) is 27.3 Å². The number of para-hydroxylation sites is 2. The average molecular weight is 469 g/mol. The molecule has 4 rings (SSSR count). The molecule has 0 saturated carbocycles. The minimum atomic E-state index is -0.428. The summed E-state index contributed by atoms with van der Waals surface area (Å²) in [6.07, 6.45) is 0. The van der Waals surface area contributed by atoms with Gasteiger partial charge in [-0.15, -0.1) is 0 Å². The summed E-state index contributed by atoms with van der Waals surface area (Å²) in [6.45, 7) is 3.85. The number of nitrogens with zero attached hydrogens (tertiary/aromatic N) is 3. The third-order valence-electron chi connectivity index (χ3n) is 4.22. The number of halogens is 1. The molecule has 29 heavy (non-hydrogen) atoms. The van der Waals surface area contributed by atoms with Crippen LogP contribution in [-0.4, -0.2) is 32.5 Å². The molecule has 8 heteroatoms. The molecule has 0 spiro atoms. The van der Waals surface area contributed by atoms with Gasteiger partial charge in [0.05, 0.1) is 29.0 Å². The maximum absolute atomic E-state index is 12.6. The van der Waals surface area contributed by atoms with Crippen molar-refractivity contribution in [2.75, 3.05) is 6.61 Å². The number of hydrogen-bond donors (Lipinski definition) is 1. The number of hydrogen-bond acceptors (Lipinski definition) is 6. The van der Waals surface area contributed by atoms with Gasteiger partial charge in [-0.25, -0.2) is 19.7 Å². The highest BCUT2D eigenvalue weighted by Gasteiger charge is 2.22. The van der Waals surface area contributed by atoms with Crippen molar-refractivity contribution < 1.29 is 9.53 Å². The molecule has 0 radical (unpaired) electrons. The Labute approximate surface area is 180 Å². The molecule has 2 heterocycles. The molecule has 0 atom stereocenters. The first-order valence-electron chi connectivity index (χ1n) is 8.99. The van der Waals surface area contributed by atoms with Crippen molar-refractivity contribution in [3.8, 4) is 11.3 Å². The molecule has 0 aliphatic carbocycles. The summed E-state index contributed by atoms with van der Waals surface area (Å²) in [5.41, 5.74) is 4.12. The van der Waals surface area contributed by atoms with Crippen LogP contribution >= 0.6 is 27.7 Å². The van der Waals surface area contributed by atoms with Crippen LogP contribution in [0.15, 0.2) is 63.3 Å². The first-order valence-corrected chi connectivity index (χ1v) is 10.6. The number of imidazole rings is 1. The Balaban J connectivity index is 1.79. The second-order valence-corrected chi connectivity index (χ2v) is 8.08. The largest absolute Gasteiger partial charge is 0.462 e. The second kappa shape index (κ2) is 8.34. The minimum absolute atomic E-state index is 0.285. The van der Waals surface area contributed by atoms with Crippen molar-refractivity contribution >= 4 is 44.7 Å². The Bertz CT molecular complexity index is 1160. The molecule has 0 fully saturated rings. The zero-order valence-corrected chi connectivity index (χ0v) is 18.2. The number of fused-ring (bicyclic) bond motifs is 1. The van der Waals surface area contributed by atoms with Crippen LogP contribution in [0, 0.1) is 6.92 Å². The monoisotopic (exact) mass is 468 g/mol. The summed E-state index contributed by atoms with van der Waals surface area (Å²) in [5, 5.41) is 1.20. The number of rotatable bonds is 5. The van der Waals surface area contributed by atoms with Gasteiger partial charge in [-0.3, -0.25) is 0 Å². The van der Waals surface area contributed by atoms with Crippen LogP contribution in [0.25, 0.3) is 22.3 Å². The van der Waals surface area contributed by atoms with E-state index in [4.69, 9.17) is 4.74 Å². The van der Waals surface area contributed by atoms with Gasteiger partial charge in [-0.2, -0.15) is 0 Å². The summed E-state index contributed by atoms with van der Waals surface area (Å²) in [7, 11) is 0. The van der Waals surface area contributed by atoms with Crippen molar-refractivity contribution in [1.82, 2.24) is 19.9 Å². The number of esters is 1. The molecule has 6 nitrogen and oxygen atoms in total. The fraction of sp³-hybridized carbons (Fsp3) is 0.143. The fourth-order valence-electron chi connectivity index (χ4n) is 2.92. The van der Waals surface area contributed by atoms with Gasteiger partial charge in [0.25, 0.3) is 0 Å². The van der Waals surface area contributed by atoms with E-state index in [1.165, 1.54) is 11.8 Å². The summed E-state index contributed by atoms with van der Waals surface area (Å²) >= 11 is 4.76. The molecule has 1 N–H and O–H groups in total. The van der Waals surface area contributed by atoms with E-state index in [0.717, 1.165) is 21.1 Å². The van der Waals surface area contributed by atoms with E-state index < -0.39 is 5.97 Å². The smallest absolute Gasteiger partial charge is 0.342 e. The highest BCUT2D eigenvalue weighted by molar-refractivity contribution is 9.10. The number of aromatic amines is 1. The van der Waals surface area contributed by atoms with Gasteiger partial charge >= 0.3 is 5.97 Å². The molecular weight excluding hydrogens is 452 g/mol. The van der Waals surface area contributed by atoms with Crippen molar-refractivity contribution in [3.63, 3.8) is 0 Å². The van der Waals surface area contributed by atoms with Crippen molar-refractivity contribution in [2.45, 2.75) is 24.2 Å². The molecule has 0 aliphatic rings. The maximum atomic E-state index is 12.6. The third kappa shape index (κ3) is 4.18. The fourth-order valence-corrected chi connectivity index (χ4v) is 3.98. The number of aryl methyl sites for hydroxylation is 1. The molecule has 4 aromatic rings. The number of carbonyl (C=O) groups is 1. The minimum Gasteiger partial charge on any atom is -0.462 e. The molecule has 0 saturated heterocycles. The number of benzene rings is 2. The standard InChI is InChI=1S/C21H17BrN4O2S/c1-3-28-19(27)17-12(2)23-20(26-18(17)13-8-10-14(22)11-9-13)29-21-24-15-6-4-5-7-16(15)25-21/h4-11H,3H2,1-2H3,(H,24,25). The van der Waals surface area contributed by atoms with Crippen LogP contribution < -0.4 is 0 Å². The normalized spacial score (nSPS) is 11.0. The van der Waals surface area contributed by atoms with Crippen molar-refractivity contribution in [1.29, 1.82) is 0 Å². The van der Waals surface area contributed by atoms with Crippen LogP contribution in [0.3, 0.4) is 0 Å². The Morgan fingerprint density at radius 3 is 2.59 bits per heavy atom. The zero-order valence-electron chi connectivity index (χ0n) is 15.8. The van der Waals surface area contributed by atoms with Gasteiger partial charge in [0.15, 0.2) is 10.3 Å². The van der Waals surface area contributed by atoms with E-state index in [9.17, 15) is 4.79 Å². The van der Waals surface area contributed by atoms with Crippen LogP contribution in [0.2, 0.25) is 0 Å². The lowest BCUT2D eigenvalue weighted by molar-refractivity contribution is 0.0525. The highest BCUT2D eigenvalue weighted by atomic mass is 79.9. The molecule has 0 bridgehead atoms. The highest BCUT2D eigenvalue weighted by Crippen LogP contribution is 2.31. The number of ether oxygens (including phenoxy) is 1. The van der Waals surface area contributed by atoms with Crippen LogP contribution in [0.5, 0.6) is 0 Å². The average Bonchev–Trinajstić information content (AvgIpc) is 3.10. The summed E-state index contributed by atoms with van der Waals surface area (Å²) in [6, 6.07) is 15.4. The number of carbonyl (C=O) groups excluding carboxylic acids is 1. The number of H-pyrrole nitrogens is 1. The van der Waals surface area contributed by atoms with Crippen molar-refractivity contribution in [2.24, 2.45) is 0 Å². The van der Waals surface area contributed by atoms with E-state index in [-0.39, 0.29) is 6.61 Å². The summed E-state index contributed by atoms with van der Waals surface area (Å²) < 4.78 is 6.19. The van der Waals surface area contributed by atoms with E-state index in [1.54, 1.807) is 13.8 Å². The van der Waals surface area contributed by atoms with Gasteiger partial charge < -0.3 is 9.72 Å². The van der Waals surface area contributed by atoms with Gasteiger partial charge in [-0.1, -0.05) is 40.2 Å². The molecule has 0 aliphatic heterocycles. The lowest BCUT2D eigenvalue weighted by Crippen LogP contribution is -2.12. The van der Waals surface area contributed by atoms with Gasteiger partial charge in [0, 0.05) is 10.0 Å². The van der Waals surface area contributed by atoms with E-state index >= 15 is 0 Å². The predicted molar refractivity (Wildman–Crippen MR) is 116 cm³/mol. The Hall–Kier alpha value is -2.71. The molecule has 0 amide bonds. The lowest BCUT2D eigenvalue weighted by Gasteiger charge is -2.12. The summed E-state index contributed by atoms with van der Waals surface area (Å²) in [5.74, 6) is -0.428. The topological polar surface area (TPSA) is 80.8 Å². The Morgan fingerprint density at radius 2 is 1.86 bits per heavy atom. The lowest BCUT2D eigenvalue weighted by atomic mass is 10.0. The quantitative estimate of drug-likeness (QED) is 0.311. The van der Waals surface area contributed by atoms with Gasteiger partial charge in [0.1, 0.15) is 5.56 Å². The van der Waals surface area contributed by atoms with Crippen LogP contribution in [0.1, 0.15) is 23.0 Å². The third-order valence-corrected chi connectivity index (χ3v) is 5.50. The van der Waals surface area contributed by atoms with Crippen LogP contribution in [0.4, 0.5) is 0 Å². The number of aromatic nitrogens is 4. The molecule has 146 valence electrons. The van der Waals surface area contributed by atoms with E-state index in [1.807, 2.05) is 48.5 Å². The maximum Gasteiger partial charge on any atom is 0.342 e. The van der Waals surface area contributed by atoms with Crippen molar-refractivity contribution in [3.05, 3.63) is 64.3 Å². The van der Waals surface area contributed by atoms with Gasteiger partial charge in [0.2, 0.25) is 0 Å². The molecule has 0 unspecified atom stereocenters. The summed E-state index contributed by atoms with van der Waals surface area (Å²) in [4.78, 5) is 29.6. The molecule has 2 aromatic heterocycles. The van der Waals surface area contributed by atoms with E-state index in [2.05, 4.69) is 35.9 Å². The Kier molecular flexibility index (Phi) is 5.64. The first kappa shape index (κ1) is 19.6. The second-order valence-electron chi connectivity index (χ2n) is 6.20. The zero-order chi connectivity index (χ0) is 20.4. The SMILES string of the molecule is CCOC(=O)c1c(C)nc(Sc2nc3ccccc3[nH]2)nc1-c1ccc(Br)cc1.